The number of nitrogens with zero attached hydrogens (tertiary/aromatic N) is 4. The molecule has 0 aliphatic carbocycles. The van der Waals surface area contributed by atoms with Gasteiger partial charge in [-0.15, -0.1) is 0 Å². The molecule has 7 heteroatoms. The van der Waals surface area contributed by atoms with E-state index < -0.39 is 0 Å². The van der Waals surface area contributed by atoms with Crippen LogP contribution in [0.2, 0.25) is 0 Å². The van der Waals surface area contributed by atoms with Crippen LogP contribution in [0.15, 0.2) is 36.7 Å². The number of rotatable bonds is 7. The van der Waals surface area contributed by atoms with Crippen molar-refractivity contribution in [2.75, 3.05) is 31.1 Å². The number of ether oxygens (including phenoxy) is 1. The third kappa shape index (κ3) is 4.29. The summed E-state index contributed by atoms with van der Waals surface area (Å²) in [7, 11) is 0. The molecule has 2 aliphatic rings. The zero-order valence-electron chi connectivity index (χ0n) is 19.2. The van der Waals surface area contributed by atoms with E-state index in [4.69, 9.17) is 4.74 Å². The molecule has 4 heterocycles. The maximum absolute atomic E-state index is 15.0. The van der Waals surface area contributed by atoms with E-state index in [1.165, 1.54) is 32.0 Å². The standard InChI is InChI=1S/C26H29FN4O2/c1-17(2)31-25(32)12-19-16-28-23-14-22(27)20(13-21(23)26(19)31)18-6-7-24(29-15-18)33-11-5-10-30-8-3-4-9-30/h6-7,13-17H,3-5,8-12H2,1-2H3. The third-order valence-electron chi connectivity index (χ3n) is 6.49. The Morgan fingerprint density at radius 2 is 1.94 bits per heavy atom. The second-order valence-electron chi connectivity index (χ2n) is 9.15. The van der Waals surface area contributed by atoms with Crippen LogP contribution < -0.4 is 9.64 Å². The first kappa shape index (κ1) is 21.8. The molecule has 6 nitrogen and oxygen atoms in total. The number of carbonyl (C=O) groups is 1. The van der Waals surface area contributed by atoms with Crippen molar-refractivity contribution in [1.82, 2.24) is 14.9 Å². The molecule has 0 spiro atoms. The highest BCUT2D eigenvalue weighted by atomic mass is 19.1. The number of pyridine rings is 2. The lowest BCUT2D eigenvalue weighted by Crippen LogP contribution is -2.33. The molecule has 0 atom stereocenters. The Morgan fingerprint density at radius 1 is 1.12 bits per heavy atom. The molecule has 2 aliphatic heterocycles. The fourth-order valence-corrected chi connectivity index (χ4v) is 4.89. The van der Waals surface area contributed by atoms with Gasteiger partial charge in [-0.05, 0) is 58.3 Å². The second-order valence-corrected chi connectivity index (χ2v) is 9.15. The Labute approximate surface area is 193 Å². The molecule has 1 amide bonds. The van der Waals surface area contributed by atoms with Crippen molar-refractivity contribution in [3.63, 3.8) is 0 Å². The molecule has 1 aromatic carbocycles. The lowest BCUT2D eigenvalue weighted by molar-refractivity contribution is -0.117. The SMILES string of the molecule is CC(C)N1C(=O)Cc2cnc3cc(F)c(-c4ccc(OCCCN5CCCC5)nc4)cc3c21. The molecule has 2 aromatic heterocycles. The molecule has 3 aromatic rings. The highest BCUT2D eigenvalue weighted by Gasteiger charge is 2.31. The highest BCUT2D eigenvalue weighted by molar-refractivity contribution is 6.10. The topological polar surface area (TPSA) is 58.6 Å². The summed E-state index contributed by atoms with van der Waals surface area (Å²) >= 11 is 0. The minimum Gasteiger partial charge on any atom is -0.478 e. The Kier molecular flexibility index (Phi) is 5.98. The number of hydrogen-bond acceptors (Lipinski definition) is 5. The van der Waals surface area contributed by atoms with E-state index in [0.29, 0.717) is 35.6 Å². The molecule has 0 unspecified atom stereocenters. The molecule has 0 saturated carbocycles. The van der Waals surface area contributed by atoms with Crippen LogP contribution >= 0.6 is 0 Å². The number of carbonyl (C=O) groups excluding carboxylic acids is 1. The van der Waals surface area contributed by atoms with E-state index in [-0.39, 0.29) is 17.8 Å². The number of amides is 1. The van der Waals surface area contributed by atoms with Crippen molar-refractivity contribution in [2.45, 2.75) is 45.6 Å². The van der Waals surface area contributed by atoms with Crippen LogP contribution in [0.25, 0.3) is 22.0 Å². The van der Waals surface area contributed by atoms with Crippen LogP contribution in [0.5, 0.6) is 5.88 Å². The number of hydrogen-bond donors (Lipinski definition) is 0. The summed E-state index contributed by atoms with van der Waals surface area (Å²) in [5, 5.41) is 0.783. The average molecular weight is 449 g/mol. The minimum atomic E-state index is -0.364. The third-order valence-corrected chi connectivity index (χ3v) is 6.49. The van der Waals surface area contributed by atoms with Gasteiger partial charge in [0, 0.05) is 59.2 Å². The number of likely N-dealkylation sites (tertiary alicyclic amines) is 1. The van der Waals surface area contributed by atoms with E-state index in [1.54, 1.807) is 29.4 Å². The first-order valence-corrected chi connectivity index (χ1v) is 11.8. The van der Waals surface area contributed by atoms with E-state index in [2.05, 4.69) is 14.9 Å². The van der Waals surface area contributed by atoms with Crippen LogP contribution in [0.3, 0.4) is 0 Å². The van der Waals surface area contributed by atoms with Crippen molar-refractivity contribution in [1.29, 1.82) is 0 Å². The van der Waals surface area contributed by atoms with Crippen molar-refractivity contribution < 1.29 is 13.9 Å². The number of anilines is 1. The van der Waals surface area contributed by atoms with Gasteiger partial charge < -0.3 is 14.5 Å². The lowest BCUT2D eigenvalue weighted by atomic mass is 10.0. The molecule has 0 radical (unpaired) electrons. The van der Waals surface area contributed by atoms with Crippen molar-refractivity contribution in [3.05, 3.63) is 48.0 Å². The number of halogens is 1. The molecular formula is C26H29FN4O2. The smallest absolute Gasteiger partial charge is 0.231 e. The summed E-state index contributed by atoms with van der Waals surface area (Å²) in [6, 6.07) is 6.86. The largest absolute Gasteiger partial charge is 0.478 e. The number of aromatic nitrogens is 2. The maximum atomic E-state index is 15.0. The van der Waals surface area contributed by atoms with Gasteiger partial charge in [-0.25, -0.2) is 9.37 Å². The van der Waals surface area contributed by atoms with E-state index in [0.717, 1.165) is 29.6 Å². The summed E-state index contributed by atoms with van der Waals surface area (Å²) < 4.78 is 20.8. The number of benzene rings is 1. The molecule has 33 heavy (non-hydrogen) atoms. The quantitative estimate of drug-likeness (QED) is 0.495. The summed E-state index contributed by atoms with van der Waals surface area (Å²) in [4.78, 5) is 25.6. The van der Waals surface area contributed by atoms with Gasteiger partial charge in [0.2, 0.25) is 11.8 Å². The fraction of sp³-hybridized carbons (Fsp3) is 0.423. The van der Waals surface area contributed by atoms with Crippen molar-refractivity contribution >= 4 is 22.5 Å². The predicted molar refractivity (Wildman–Crippen MR) is 127 cm³/mol. The lowest BCUT2D eigenvalue weighted by Gasteiger charge is -2.23. The Morgan fingerprint density at radius 3 is 2.67 bits per heavy atom. The fourth-order valence-electron chi connectivity index (χ4n) is 4.89. The zero-order valence-corrected chi connectivity index (χ0v) is 19.2. The van der Waals surface area contributed by atoms with Crippen molar-refractivity contribution in [2.24, 2.45) is 0 Å². The first-order chi connectivity index (χ1) is 16.0. The van der Waals surface area contributed by atoms with Crippen LogP contribution in [0, 0.1) is 5.82 Å². The molecule has 0 bridgehead atoms. The van der Waals surface area contributed by atoms with Gasteiger partial charge in [0.1, 0.15) is 5.82 Å². The Bertz CT molecular complexity index is 1170. The zero-order chi connectivity index (χ0) is 22.9. The number of fused-ring (bicyclic) bond motifs is 3. The van der Waals surface area contributed by atoms with Crippen LogP contribution in [0.1, 0.15) is 38.7 Å². The van der Waals surface area contributed by atoms with Gasteiger partial charge in [-0.1, -0.05) is 0 Å². The summed E-state index contributed by atoms with van der Waals surface area (Å²) in [6.45, 7) is 8.01. The molecule has 5 rings (SSSR count). The van der Waals surface area contributed by atoms with Crippen LogP contribution in [0.4, 0.5) is 10.1 Å². The predicted octanol–water partition coefficient (Wildman–Crippen LogP) is 4.60. The van der Waals surface area contributed by atoms with Gasteiger partial charge in [0.05, 0.1) is 24.2 Å². The van der Waals surface area contributed by atoms with Crippen molar-refractivity contribution in [3.8, 4) is 17.0 Å². The van der Waals surface area contributed by atoms with E-state index in [9.17, 15) is 4.79 Å². The van der Waals surface area contributed by atoms with Gasteiger partial charge >= 0.3 is 0 Å². The van der Waals surface area contributed by atoms with Crippen LogP contribution in [-0.4, -0.2) is 53.1 Å². The molecule has 172 valence electrons. The summed E-state index contributed by atoms with van der Waals surface area (Å²) in [5.74, 6) is 0.227. The highest BCUT2D eigenvalue weighted by Crippen LogP contribution is 2.39. The molecule has 1 fully saturated rings. The molecule has 0 N–H and O–H groups in total. The first-order valence-electron chi connectivity index (χ1n) is 11.8. The Hall–Kier alpha value is -3.06. The maximum Gasteiger partial charge on any atom is 0.231 e. The second kappa shape index (κ2) is 9.06. The van der Waals surface area contributed by atoms with Gasteiger partial charge in [0.25, 0.3) is 0 Å². The summed E-state index contributed by atoms with van der Waals surface area (Å²) in [5.41, 5.74) is 3.37. The van der Waals surface area contributed by atoms with E-state index >= 15 is 4.39 Å². The van der Waals surface area contributed by atoms with E-state index in [1.807, 2.05) is 19.9 Å². The normalized spacial score (nSPS) is 16.2. The van der Waals surface area contributed by atoms with Crippen LogP contribution in [-0.2, 0) is 11.2 Å². The molecular weight excluding hydrogens is 419 g/mol. The minimum absolute atomic E-state index is 0.0152. The Balaban J connectivity index is 1.37. The summed E-state index contributed by atoms with van der Waals surface area (Å²) in [6.07, 6.45) is 7.21. The average Bonchev–Trinajstić information content (AvgIpc) is 3.43. The van der Waals surface area contributed by atoms with Gasteiger partial charge in [-0.2, -0.15) is 0 Å². The molecule has 1 saturated heterocycles. The monoisotopic (exact) mass is 448 g/mol. The van der Waals surface area contributed by atoms with Gasteiger partial charge in [-0.3, -0.25) is 9.78 Å². The van der Waals surface area contributed by atoms with Gasteiger partial charge in [0.15, 0.2) is 0 Å².